The molecule has 0 aliphatic carbocycles. The number of rotatable bonds is 7. The summed E-state index contributed by atoms with van der Waals surface area (Å²) in [6.45, 7) is 0. The lowest BCUT2D eigenvalue weighted by atomic mass is 10.3. The highest BCUT2D eigenvalue weighted by Gasteiger charge is 2.22. The highest BCUT2D eigenvalue weighted by atomic mass is 31.1. The van der Waals surface area contributed by atoms with Crippen LogP contribution in [0.2, 0.25) is 0 Å². The van der Waals surface area contributed by atoms with Crippen molar-refractivity contribution in [2.75, 3.05) is 12.3 Å². The molecule has 0 bridgehead atoms. The molecular weight excluding hydrogens is 488 g/mol. The van der Waals surface area contributed by atoms with E-state index in [4.69, 9.17) is 0 Å². The first-order chi connectivity index (χ1) is 16.3. The van der Waals surface area contributed by atoms with Crippen LogP contribution in [0, 0.1) is 34.9 Å². The Balaban J connectivity index is 1.75. The van der Waals surface area contributed by atoms with Crippen LogP contribution in [0.1, 0.15) is 0 Å². The molecule has 0 amide bonds. The van der Waals surface area contributed by atoms with E-state index in [0.29, 0.717) is 17.6 Å². The molecule has 1 unspecified atom stereocenters. The van der Waals surface area contributed by atoms with Gasteiger partial charge in [-0.05, 0) is 85.8 Å². The second-order valence-electron chi connectivity index (χ2n) is 7.52. The monoisotopic (exact) mass is 506 g/mol. The van der Waals surface area contributed by atoms with E-state index in [9.17, 15) is 26.3 Å². The van der Waals surface area contributed by atoms with Gasteiger partial charge in [0.05, 0.1) is 0 Å². The Morgan fingerprint density at radius 3 is 1.00 bits per heavy atom. The van der Waals surface area contributed by atoms with Gasteiger partial charge < -0.3 is 0 Å². The van der Waals surface area contributed by atoms with E-state index in [1.807, 2.05) is 30.3 Å². The van der Waals surface area contributed by atoms with Gasteiger partial charge in [-0.1, -0.05) is 30.3 Å². The summed E-state index contributed by atoms with van der Waals surface area (Å²) in [4.78, 5) is 0. The van der Waals surface area contributed by atoms with Gasteiger partial charge in [0.15, 0.2) is 0 Å². The van der Waals surface area contributed by atoms with Crippen LogP contribution in [0.25, 0.3) is 0 Å². The molecule has 4 rings (SSSR count). The molecule has 0 fully saturated rings. The second-order valence-corrected chi connectivity index (χ2v) is 12.2. The molecule has 34 heavy (non-hydrogen) atoms. The third-order valence-electron chi connectivity index (χ3n) is 5.09. The van der Waals surface area contributed by atoms with Gasteiger partial charge in [-0.15, -0.1) is 0 Å². The number of hydrogen-bond donors (Lipinski definition) is 0. The Morgan fingerprint density at radius 2 is 0.676 bits per heavy atom. The van der Waals surface area contributed by atoms with Crippen molar-refractivity contribution in [2.45, 2.75) is 0 Å². The van der Waals surface area contributed by atoms with Crippen molar-refractivity contribution in [1.82, 2.24) is 0 Å². The van der Waals surface area contributed by atoms with Crippen molar-refractivity contribution in [2.24, 2.45) is 0 Å². The van der Waals surface area contributed by atoms with Crippen LogP contribution < -0.4 is 21.2 Å². The van der Waals surface area contributed by atoms with Crippen molar-refractivity contribution in [3.8, 4) is 0 Å². The van der Waals surface area contributed by atoms with Gasteiger partial charge in [0.1, 0.15) is 34.9 Å². The highest BCUT2D eigenvalue weighted by molar-refractivity contribution is 7.76. The molecule has 0 aliphatic rings. The van der Waals surface area contributed by atoms with E-state index in [0.717, 1.165) is 47.8 Å². The summed E-state index contributed by atoms with van der Waals surface area (Å²) in [5.74, 6) is -4.59. The molecule has 0 spiro atoms. The molecule has 4 aromatic rings. The Kier molecular flexibility index (Phi) is 7.70. The molecule has 0 aliphatic heterocycles. The fourth-order valence-electron chi connectivity index (χ4n) is 3.71. The first kappa shape index (κ1) is 24.4. The number of halogens is 6. The molecule has 1 atom stereocenters. The number of benzene rings is 4. The minimum atomic E-state index is -1.58. The summed E-state index contributed by atoms with van der Waals surface area (Å²) in [5, 5.41) is 1.88. The topological polar surface area (TPSA) is 0 Å². The van der Waals surface area contributed by atoms with Crippen LogP contribution in [0.5, 0.6) is 0 Å². The summed E-state index contributed by atoms with van der Waals surface area (Å²) in [6.07, 6.45) is 0.671. The van der Waals surface area contributed by atoms with E-state index in [1.165, 1.54) is 12.1 Å². The van der Waals surface area contributed by atoms with Crippen molar-refractivity contribution in [1.29, 1.82) is 0 Å². The van der Waals surface area contributed by atoms with Crippen LogP contribution in [0.3, 0.4) is 0 Å². The minimum absolute atomic E-state index is 0.283. The first-order valence-electron chi connectivity index (χ1n) is 10.3. The van der Waals surface area contributed by atoms with Gasteiger partial charge >= 0.3 is 0 Å². The lowest BCUT2D eigenvalue weighted by Crippen LogP contribution is -2.21. The SMILES string of the molecule is Fc1cc(F)cc(P(CCP(c2cc(F)cc(F)c2)c2cc(F)cc(F)c2)c2ccccc2)c1. The molecule has 174 valence electrons. The summed E-state index contributed by atoms with van der Waals surface area (Å²) < 4.78 is 84.1. The van der Waals surface area contributed by atoms with E-state index in [1.54, 1.807) is 0 Å². The standard InChI is InChI=1S/C26H18F6P2/c27-17-8-18(28)12-24(11-17)33(23-4-2-1-3-5-23)6-7-34(25-13-19(29)9-20(30)14-25)26-15-21(31)10-22(32)16-26/h1-5,8-16H,6-7H2. The zero-order chi connectivity index (χ0) is 24.2. The Bertz CT molecular complexity index is 1180. The zero-order valence-electron chi connectivity index (χ0n) is 17.7. The van der Waals surface area contributed by atoms with Gasteiger partial charge in [-0.3, -0.25) is 0 Å². The lowest BCUT2D eigenvalue weighted by molar-refractivity contribution is 0.584. The fourth-order valence-corrected chi connectivity index (χ4v) is 9.14. The third kappa shape index (κ3) is 6.05. The average molecular weight is 506 g/mol. The predicted octanol–water partition coefficient (Wildman–Crippen LogP) is 6.09. The normalized spacial score (nSPS) is 12.2. The van der Waals surface area contributed by atoms with Gasteiger partial charge in [-0.25, -0.2) is 26.3 Å². The maximum Gasteiger partial charge on any atom is 0.126 e. The Hall–Kier alpha value is -2.68. The summed E-state index contributed by atoms with van der Waals surface area (Å²) in [5.41, 5.74) is 0. The van der Waals surface area contributed by atoms with Crippen molar-refractivity contribution >= 4 is 37.1 Å². The minimum Gasteiger partial charge on any atom is -0.207 e. The molecule has 4 aromatic carbocycles. The van der Waals surface area contributed by atoms with E-state index < -0.39 is 50.7 Å². The van der Waals surface area contributed by atoms with Crippen molar-refractivity contribution in [3.63, 3.8) is 0 Å². The maximum absolute atomic E-state index is 14.0. The predicted molar refractivity (Wildman–Crippen MR) is 128 cm³/mol. The first-order valence-corrected chi connectivity index (χ1v) is 13.3. The van der Waals surface area contributed by atoms with Crippen molar-refractivity contribution in [3.05, 3.63) is 120 Å². The Morgan fingerprint density at radius 1 is 0.382 bits per heavy atom. The molecule has 0 radical (unpaired) electrons. The van der Waals surface area contributed by atoms with Gasteiger partial charge in [0.25, 0.3) is 0 Å². The summed E-state index contributed by atoms with van der Waals surface area (Å²) >= 11 is 0. The van der Waals surface area contributed by atoms with Crippen LogP contribution in [0.15, 0.2) is 84.9 Å². The van der Waals surface area contributed by atoms with Crippen LogP contribution >= 0.6 is 15.8 Å². The van der Waals surface area contributed by atoms with Gasteiger partial charge in [-0.2, -0.15) is 0 Å². The van der Waals surface area contributed by atoms with E-state index in [2.05, 4.69) is 0 Å². The van der Waals surface area contributed by atoms with E-state index in [-0.39, 0.29) is 10.6 Å². The lowest BCUT2D eigenvalue weighted by Gasteiger charge is -2.24. The van der Waals surface area contributed by atoms with Crippen LogP contribution in [-0.2, 0) is 0 Å². The molecule has 0 saturated heterocycles. The molecule has 0 nitrogen and oxygen atoms in total. The largest absolute Gasteiger partial charge is 0.207 e. The zero-order valence-corrected chi connectivity index (χ0v) is 19.4. The average Bonchev–Trinajstić information content (AvgIpc) is 2.75. The van der Waals surface area contributed by atoms with Gasteiger partial charge in [0.2, 0.25) is 0 Å². The molecule has 0 heterocycles. The quantitative estimate of drug-likeness (QED) is 0.210. The van der Waals surface area contributed by atoms with Gasteiger partial charge in [0, 0.05) is 18.2 Å². The molecule has 0 N–H and O–H groups in total. The fraction of sp³-hybridized carbons (Fsp3) is 0.0769. The molecule has 0 saturated carbocycles. The summed E-state index contributed by atoms with van der Waals surface area (Å²) in [6, 6.07) is 18.6. The smallest absolute Gasteiger partial charge is 0.126 e. The van der Waals surface area contributed by atoms with Crippen LogP contribution in [-0.4, -0.2) is 12.3 Å². The molecular formula is C26H18F6P2. The second kappa shape index (κ2) is 10.7. The van der Waals surface area contributed by atoms with E-state index >= 15 is 0 Å². The third-order valence-corrected chi connectivity index (χ3v) is 10.4. The maximum atomic E-state index is 14.0. The van der Waals surface area contributed by atoms with Crippen molar-refractivity contribution < 1.29 is 26.3 Å². The Labute approximate surface area is 195 Å². The van der Waals surface area contributed by atoms with Crippen LogP contribution in [0.4, 0.5) is 26.3 Å². The number of hydrogen-bond acceptors (Lipinski definition) is 0. The summed E-state index contributed by atoms with van der Waals surface area (Å²) in [7, 11) is -2.84. The molecule has 8 heteroatoms. The molecule has 0 aromatic heterocycles. The highest BCUT2D eigenvalue weighted by Crippen LogP contribution is 2.42.